The largest absolute Gasteiger partial charge is 0.468 e. The Labute approximate surface area is 138 Å². The van der Waals surface area contributed by atoms with E-state index in [4.69, 9.17) is 20.8 Å². The second-order valence-electron chi connectivity index (χ2n) is 5.15. The first-order valence-electron chi connectivity index (χ1n) is 6.94. The van der Waals surface area contributed by atoms with E-state index >= 15 is 0 Å². The first kappa shape index (κ1) is 17.6. The molecule has 1 fully saturated rings. The molecule has 0 N–H and O–H groups in total. The van der Waals surface area contributed by atoms with Gasteiger partial charge in [0, 0.05) is 12.5 Å². The number of para-hydroxylation sites is 1. The summed E-state index contributed by atoms with van der Waals surface area (Å²) in [4.78, 5) is 35.5. The molecule has 0 saturated carbocycles. The molecule has 24 heavy (non-hydrogen) atoms. The highest BCUT2D eigenvalue weighted by Crippen LogP contribution is 2.51. The fourth-order valence-corrected chi connectivity index (χ4v) is 2.87. The van der Waals surface area contributed by atoms with Gasteiger partial charge in [0.25, 0.3) is 5.69 Å². The number of benzene rings is 1. The van der Waals surface area contributed by atoms with Crippen molar-refractivity contribution in [2.24, 2.45) is 5.41 Å². The van der Waals surface area contributed by atoms with E-state index in [-0.39, 0.29) is 17.7 Å². The minimum absolute atomic E-state index is 0.0519. The highest BCUT2D eigenvalue weighted by molar-refractivity contribution is 6.01. The van der Waals surface area contributed by atoms with Crippen LogP contribution in [0.3, 0.4) is 0 Å². The van der Waals surface area contributed by atoms with E-state index in [1.807, 2.05) is 0 Å². The molecule has 1 aromatic carbocycles. The normalized spacial score (nSPS) is 21.8. The molecule has 0 aliphatic carbocycles. The van der Waals surface area contributed by atoms with Crippen molar-refractivity contribution in [3.63, 3.8) is 0 Å². The maximum atomic E-state index is 12.4. The molecule has 0 spiro atoms. The van der Waals surface area contributed by atoms with Gasteiger partial charge in [-0.3, -0.25) is 19.7 Å². The third-order valence-electron chi connectivity index (χ3n) is 3.96. The zero-order valence-electron chi connectivity index (χ0n) is 13.1. The van der Waals surface area contributed by atoms with Crippen LogP contribution in [0.1, 0.15) is 18.1 Å². The second kappa shape index (κ2) is 6.79. The summed E-state index contributed by atoms with van der Waals surface area (Å²) in [5.41, 5.74) is -2.15. The summed E-state index contributed by atoms with van der Waals surface area (Å²) in [6.45, 7) is 5.36. The highest BCUT2D eigenvalue weighted by atomic mass is 16.6. The molecule has 2 atom stereocenters. The third-order valence-corrected chi connectivity index (χ3v) is 3.96. The van der Waals surface area contributed by atoms with Gasteiger partial charge in [0.15, 0.2) is 5.41 Å². The molecule has 0 bridgehead atoms. The first-order valence-corrected chi connectivity index (χ1v) is 6.94. The van der Waals surface area contributed by atoms with E-state index in [0.29, 0.717) is 0 Å². The molecule has 2 radical (unpaired) electrons. The molecule has 1 heterocycles. The molecule has 8 nitrogen and oxygen atoms in total. The lowest BCUT2D eigenvalue weighted by Crippen LogP contribution is -2.43. The van der Waals surface area contributed by atoms with Gasteiger partial charge in [-0.2, -0.15) is 0 Å². The zero-order valence-corrected chi connectivity index (χ0v) is 13.1. The Balaban J connectivity index is 2.68. The van der Waals surface area contributed by atoms with Crippen LogP contribution in [0.5, 0.6) is 0 Å². The number of hydrogen-bond acceptors (Lipinski definition) is 7. The zero-order chi connectivity index (χ0) is 17.9. The van der Waals surface area contributed by atoms with Gasteiger partial charge >= 0.3 is 11.9 Å². The molecular formula is C16H15NO7. The van der Waals surface area contributed by atoms with Crippen LogP contribution in [0.2, 0.25) is 0 Å². The van der Waals surface area contributed by atoms with Crippen molar-refractivity contribution in [1.29, 1.82) is 0 Å². The van der Waals surface area contributed by atoms with Crippen LogP contribution >= 0.6 is 0 Å². The van der Waals surface area contributed by atoms with E-state index in [1.165, 1.54) is 24.3 Å². The lowest BCUT2D eigenvalue weighted by atomic mass is 9.76. The topological polar surface area (TPSA) is 105 Å². The summed E-state index contributed by atoms with van der Waals surface area (Å²) >= 11 is 0. The first-order chi connectivity index (χ1) is 11.4. The minimum atomic E-state index is -1.91. The lowest BCUT2D eigenvalue weighted by molar-refractivity contribution is -0.386. The quantitative estimate of drug-likeness (QED) is 0.348. The average Bonchev–Trinajstić information content (AvgIpc) is 3.01. The Hall–Kier alpha value is -2.74. The number of hydrogen-bond donors (Lipinski definition) is 0. The molecule has 0 amide bonds. The van der Waals surface area contributed by atoms with Gasteiger partial charge in [-0.25, -0.2) is 0 Å². The number of nitro benzene ring substituents is 1. The van der Waals surface area contributed by atoms with E-state index < -0.39 is 34.5 Å². The molecule has 1 aromatic rings. The number of nitro groups is 1. The SMILES string of the molecule is [CH]=[C]C1CC(C(=O)OC)(C(=O)OC)C(c2ccccc2[N+](=O)[O-])O1. The molecule has 1 aliphatic rings. The van der Waals surface area contributed by atoms with Crippen molar-refractivity contribution in [2.45, 2.75) is 18.6 Å². The molecule has 1 saturated heterocycles. The Morgan fingerprint density at radius 3 is 2.42 bits per heavy atom. The van der Waals surface area contributed by atoms with Crippen molar-refractivity contribution in [3.05, 3.63) is 52.6 Å². The molecule has 2 rings (SSSR count). The van der Waals surface area contributed by atoms with Crippen molar-refractivity contribution in [1.82, 2.24) is 0 Å². The molecule has 2 unspecified atom stereocenters. The number of nitrogens with zero attached hydrogens (tertiary/aromatic N) is 1. The van der Waals surface area contributed by atoms with Crippen LogP contribution < -0.4 is 0 Å². The molecule has 1 aliphatic heterocycles. The van der Waals surface area contributed by atoms with Crippen molar-refractivity contribution >= 4 is 17.6 Å². The number of ether oxygens (including phenoxy) is 3. The van der Waals surface area contributed by atoms with Crippen LogP contribution in [-0.2, 0) is 23.8 Å². The highest BCUT2D eigenvalue weighted by Gasteiger charge is 2.62. The van der Waals surface area contributed by atoms with Crippen molar-refractivity contribution < 1.29 is 28.7 Å². The summed E-state index contributed by atoms with van der Waals surface area (Å²) in [5, 5.41) is 11.3. The summed E-state index contributed by atoms with van der Waals surface area (Å²) in [7, 11) is 2.21. The van der Waals surface area contributed by atoms with E-state index in [1.54, 1.807) is 0 Å². The Kier molecular flexibility index (Phi) is 4.99. The molecule has 8 heteroatoms. The van der Waals surface area contributed by atoms with Gasteiger partial charge in [0.1, 0.15) is 6.10 Å². The van der Waals surface area contributed by atoms with Gasteiger partial charge in [-0.15, -0.1) is 0 Å². The van der Waals surface area contributed by atoms with Gasteiger partial charge in [0.2, 0.25) is 0 Å². The number of esters is 2. The Morgan fingerprint density at radius 2 is 1.92 bits per heavy atom. The Bertz CT molecular complexity index is 669. The third kappa shape index (κ3) is 2.65. The van der Waals surface area contributed by atoms with Gasteiger partial charge < -0.3 is 14.2 Å². The van der Waals surface area contributed by atoms with Gasteiger partial charge in [-0.1, -0.05) is 18.7 Å². The van der Waals surface area contributed by atoms with Crippen molar-refractivity contribution in [2.75, 3.05) is 14.2 Å². The van der Waals surface area contributed by atoms with Crippen molar-refractivity contribution in [3.8, 4) is 0 Å². The predicted molar refractivity (Wildman–Crippen MR) is 79.3 cm³/mol. The van der Waals surface area contributed by atoms with Gasteiger partial charge in [-0.05, 0) is 12.1 Å². The van der Waals surface area contributed by atoms with Crippen LogP contribution in [-0.4, -0.2) is 37.2 Å². The molecular weight excluding hydrogens is 318 g/mol. The second-order valence-corrected chi connectivity index (χ2v) is 5.15. The fraction of sp³-hybridized carbons (Fsp3) is 0.375. The number of rotatable bonds is 5. The van der Waals surface area contributed by atoms with Crippen LogP contribution in [0, 0.1) is 28.2 Å². The number of carbonyl (C=O) groups is 2. The maximum Gasteiger partial charge on any atom is 0.326 e. The molecule has 0 aromatic heterocycles. The monoisotopic (exact) mass is 333 g/mol. The van der Waals surface area contributed by atoms with E-state index in [9.17, 15) is 19.7 Å². The van der Waals surface area contributed by atoms with Crippen LogP contribution in [0.15, 0.2) is 24.3 Å². The average molecular weight is 333 g/mol. The number of methoxy groups -OCH3 is 2. The van der Waals surface area contributed by atoms with E-state index in [2.05, 4.69) is 6.08 Å². The minimum Gasteiger partial charge on any atom is -0.468 e. The van der Waals surface area contributed by atoms with E-state index in [0.717, 1.165) is 14.2 Å². The summed E-state index contributed by atoms with van der Waals surface area (Å²) < 4.78 is 15.1. The molecule has 126 valence electrons. The maximum absolute atomic E-state index is 12.4. The van der Waals surface area contributed by atoms with Gasteiger partial charge in [0.05, 0.1) is 30.8 Å². The van der Waals surface area contributed by atoms with Crippen LogP contribution in [0.25, 0.3) is 0 Å². The Morgan fingerprint density at radius 1 is 1.33 bits per heavy atom. The standard InChI is InChI=1S/C16H15NO7/c1-4-10-9-16(14(18)22-2,15(19)23-3)13(24-10)11-7-5-6-8-12(11)17(20)21/h1,5-8,10,13H,9H2,2-3H3. The summed E-state index contributed by atoms with van der Waals surface area (Å²) in [5.74, 6) is -1.84. The lowest BCUT2D eigenvalue weighted by Gasteiger charge is -2.28. The summed E-state index contributed by atoms with van der Waals surface area (Å²) in [6, 6.07) is 5.66. The summed E-state index contributed by atoms with van der Waals surface area (Å²) in [6.07, 6.45) is -0.0645. The smallest absolute Gasteiger partial charge is 0.326 e. The number of carbonyl (C=O) groups excluding carboxylic acids is 2. The van der Waals surface area contributed by atoms with Crippen LogP contribution in [0.4, 0.5) is 5.69 Å². The predicted octanol–water partition coefficient (Wildman–Crippen LogP) is 1.55. The fourth-order valence-electron chi connectivity index (χ4n) is 2.87.